The van der Waals surface area contributed by atoms with Gasteiger partial charge in [-0.2, -0.15) is 0 Å². The van der Waals surface area contributed by atoms with E-state index in [-0.39, 0.29) is 11.2 Å². The number of hydrogen-bond acceptors (Lipinski definition) is 4. The first kappa shape index (κ1) is 16.0. The van der Waals surface area contributed by atoms with E-state index in [0.717, 1.165) is 16.7 Å². The average molecular weight is 333 g/mol. The van der Waals surface area contributed by atoms with Crippen LogP contribution < -0.4 is 4.72 Å². The molecule has 0 atom stereocenters. The van der Waals surface area contributed by atoms with E-state index in [1.54, 1.807) is 36.4 Å². The molecule has 23 heavy (non-hydrogen) atoms. The van der Waals surface area contributed by atoms with Gasteiger partial charge in [0, 0.05) is 11.3 Å². The second kappa shape index (κ2) is 6.31. The largest absolute Gasteiger partial charge is 0.346 e. The Bertz CT molecular complexity index is 794. The number of nitrogens with one attached hydrogen (secondary N) is 1. The fraction of sp³-hybridized carbons (Fsp3) is 0.294. The van der Waals surface area contributed by atoms with E-state index in [2.05, 4.69) is 4.72 Å². The quantitative estimate of drug-likeness (QED) is 0.933. The lowest BCUT2D eigenvalue weighted by Gasteiger charge is -2.12. The van der Waals surface area contributed by atoms with E-state index in [1.807, 2.05) is 19.9 Å². The average Bonchev–Trinajstić information content (AvgIpc) is 3.04. The predicted molar refractivity (Wildman–Crippen MR) is 87.8 cm³/mol. The minimum Gasteiger partial charge on any atom is -0.346 e. The molecule has 1 aliphatic heterocycles. The van der Waals surface area contributed by atoms with E-state index in [1.165, 1.54) is 0 Å². The summed E-state index contributed by atoms with van der Waals surface area (Å²) in [4.78, 5) is 0.257. The van der Waals surface area contributed by atoms with Crippen molar-refractivity contribution in [2.24, 2.45) is 0 Å². The molecule has 0 unspecified atom stereocenters. The van der Waals surface area contributed by atoms with Gasteiger partial charge >= 0.3 is 0 Å². The summed E-state index contributed by atoms with van der Waals surface area (Å²) < 4.78 is 38.3. The van der Waals surface area contributed by atoms with Gasteiger partial charge in [-0.25, -0.2) is 8.42 Å². The molecule has 5 nitrogen and oxygen atoms in total. The first-order chi connectivity index (χ1) is 11.0. The number of sulfonamides is 1. The zero-order chi connectivity index (χ0) is 16.4. The van der Waals surface area contributed by atoms with Crippen LogP contribution in [-0.2, 0) is 19.5 Å². The smallest absolute Gasteiger partial charge is 0.261 e. The van der Waals surface area contributed by atoms with Crippen LogP contribution in [0.2, 0.25) is 0 Å². The first-order valence-electron chi connectivity index (χ1n) is 7.39. The minimum absolute atomic E-state index is 0.257. The van der Waals surface area contributed by atoms with Gasteiger partial charge < -0.3 is 9.47 Å². The molecule has 1 fully saturated rings. The van der Waals surface area contributed by atoms with Gasteiger partial charge in [-0.3, -0.25) is 4.72 Å². The van der Waals surface area contributed by atoms with Crippen LogP contribution in [0.25, 0.3) is 0 Å². The van der Waals surface area contributed by atoms with Crippen molar-refractivity contribution in [2.75, 3.05) is 17.9 Å². The molecular formula is C17H19NO4S. The van der Waals surface area contributed by atoms with Crippen LogP contribution >= 0.6 is 0 Å². The maximum Gasteiger partial charge on any atom is 0.261 e. The summed E-state index contributed by atoms with van der Waals surface area (Å²) in [5, 5.41) is 0. The first-order valence-corrected chi connectivity index (χ1v) is 8.87. The Morgan fingerprint density at radius 2 is 1.61 bits per heavy atom. The van der Waals surface area contributed by atoms with Crippen LogP contribution in [0, 0.1) is 13.8 Å². The molecule has 122 valence electrons. The van der Waals surface area contributed by atoms with Crippen molar-refractivity contribution < 1.29 is 17.9 Å². The van der Waals surface area contributed by atoms with Crippen molar-refractivity contribution >= 4 is 15.7 Å². The third-order valence-electron chi connectivity index (χ3n) is 3.85. The minimum atomic E-state index is -3.60. The molecule has 2 aromatic carbocycles. The lowest BCUT2D eigenvalue weighted by atomic mass is 10.1. The molecule has 6 heteroatoms. The summed E-state index contributed by atoms with van der Waals surface area (Å²) in [7, 11) is -3.60. The standard InChI is InChI=1S/C17H19NO4S/c1-12-3-8-16(11-13(12)2)23(19,20)18-15-6-4-14(5-7-15)17-21-9-10-22-17/h3-8,11,17-18H,9-10H2,1-2H3. The van der Waals surface area contributed by atoms with Crippen LogP contribution in [0.5, 0.6) is 0 Å². The summed E-state index contributed by atoms with van der Waals surface area (Å²) in [6, 6.07) is 12.1. The lowest BCUT2D eigenvalue weighted by Crippen LogP contribution is -2.13. The highest BCUT2D eigenvalue weighted by molar-refractivity contribution is 7.92. The number of benzene rings is 2. The number of aryl methyl sites for hydroxylation is 2. The Morgan fingerprint density at radius 3 is 2.22 bits per heavy atom. The maximum atomic E-state index is 12.4. The van der Waals surface area contributed by atoms with Crippen molar-refractivity contribution in [3.63, 3.8) is 0 Å². The molecule has 0 saturated carbocycles. The summed E-state index contributed by atoms with van der Waals surface area (Å²) in [5.41, 5.74) is 3.38. The SMILES string of the molecule is Cc1ccc(S(=O)(=O)Nc2ccc(C3OCCO3)cc2)cc1C. The van der Waals surface area contributed by atoms with Crippen LogP contribution in [0.3, 0.4) is 0 Å². The molecule has 0 spiro atoms. The van der Waals surface area contributed by atoms with Crippen molar-refractivity contribution in [3.8, 4) is 0 Å². The van der Waals surface area contributed by atoms with Gasteiger partial charge in [-0.1, -0.05) is 18.2 Å². The molecule has 3 rings (SSSR count). The molecule has 1 N–H and O–H groups in total. The van der Waals surface area contributed by atoms with Gasteiger partial charge in [-0.05, 0) is 49.2 Å². The van der Waals surface area contributed by atoms with E-state index in [9.17, 15) is 8.42 Å². The van der Waals surface area contributed by atoms with E-state index < -0.39 is 10.0 Å². The fourth-order valence-corrected chi connectivity index (χ4v) is 3.50. The Balaban J connectivity index is 1.78. The van der Waals surface area contributed by atoms with E-state index in [4.69, 9.17) is 9.47 Å². The molecule has 1 heterocycles. The Labute approximate surface area is 136 Å². The third kappa shape index (κ3) is 3.55. The zero-order valence-corrected chi connectivity index (χ0v) is 13.9. The number of anilines is 1. The van der Waals surface area contributed by atoms with Gasteiger partial charge in [0.1, 0.15) is 0 Å². The molecule has 0 radical (unpaired) electrons. The van der Waals surface area contributed by atoms with Crippen LogP contribution in [0.4, 0.5) is 5.69 Å². The Morgan fingerprint density at radius 1 is 0.957 bits per heavy atom. The van der Waals surface area contributed by atoms with Gasteiger partial charge in [0.05, 0.1) is 18.1 Å². The molecule has 0 bridgehead atoms. The number of hydrogen-bond donors (Lipinski definition) is 1. The van der Waals surface area contributed by atoms with Gasteiger partial charge in [0.15, 0.2) is 6.29 Å². The van der Waals surface area contributed by atoms with E-state index >= 15 is 0 Å². The summed E-state index contributed by atoms with van der Waals surface area (Å²) in [6.07, 6.45) is -0.361. The van der Waals surface area contributed by atoms with Crippen molar-refractivity contribution in [1.29, 1.82) is 0 Å². The highest BCUT2D eigenvalue weighted by Crippen LogP contribution is 2.25. The molecule has 0 aromatic heterocycles. The van der Waals surface area contributed by atoms with Gasteiger partial charge in [-0.15, -0.1) is 0 Å². The van der Waals surface area contributed by atoms with Gasteiger partial charge in [0.25, 0.3) is 10.0 Å². The zero-order valence-electron chi connectivity index (χ0n) is 13.1. The van der Waals surface area contributed by atoms with E-state index in [0.29, 0.717) is 18.9 Å². The van der Waals surface area contributed by atoms with Crippen LogP contribution in [-0.4, -0.2) is 21.6 Å². The monoisotopic (exact) mass is 333 g/mol. The molecule has 0 amide bonds. The molecule has 2 aromatic rings. The summed E-state index contributed by atoms with van der Waals surface area (Å²) in [6.45, 7) is 4.99. The number of ether oxygens (including phenoxy) is 2. The maximum absolute atomic E-state index is 12.4. The highest BCUT2D eigenvalue weighted by Gasteiger charge is 2.19. The third-order valence-corrected chi connectivity index (χ3v) is 5.22. The number of rotatable bonds is 4. The molecular weight excluding hydrogens is 314 g/mol. The highest BCUT2D eigenvalue weighted by atomic mass is 32.2. The molecule has 1 aliphatic rings. The second-order valence-corrected chi connectivity index (χ2v) is 7.23. The molecule has 1 saturated heterocycles. The van der Waals surface area contributed by atoms with Crippen molar-refractivity contribution in [1.82, 2.24) is 0 Å². The van der Waals surface area contributed by atoms with Crippen LogP contribution in [0.1, 0.15) is 23.0 Å². The fourth-order valence-electron chi connectivity index (χ4n) is 2.35. The Hall–Kier alpha value is -1.89. The van der Waals surface area contributed by atoms with Crippen LogP contribution in [0.15, 0.2) is 47.4 Å². The Kier molecular flexibility index (Phi) is 4.39. The molecule has 0 aliphatic carbocycles. The topological polar surface area (TPSA) is 64.6 Å². The normalized spacial score (nSPS) is 15.7. The van der Waals surface area contributed by atoms with Crippen molar-refractivity contribution in [3.05, 3.63) is 59.2 Å². The summed E-state index contributed by atoms with van der Waals surface area (Å²) >= 11 is 0. The lowest BCUT2D eigenvalue weighted by molar-refractivity contribution is -0.0441. The predicted octanol–water partition coefficient (Wildman–Crippen LogP) is 3.15. The summed E-state index contributed by atoms with van der Waals surface area (Å²) in [5.74, 6) is 0. The second-order valence-electron chi connectivity index (χ2n) is 5.55. The van der Waals surface area contributed by atoms with Crippen molar-refractivity contribution in [2.45, 2.75) is 25.0 Å². The van der Waals surface area contributed by atoms with Gasteiger partial charge in [0.2, 0.25) is 0 Å².